The molecule has 1 atom stereocenters. The van der Waals surface area contributed by atoms with Gasteiger partial charge in [0.2, 0.25) is 5.78 Å². The maximum Gasteiger partial charge on any atom is 0.200 e. The summed E-state index contributed by atoms with van der Waals surface area (Å²) in [6.07, 6.45) is 1.84. The number of halogens is 1. The molecule has 1 unspecified atom stereocenters. The van der Waals surface area contributed by atoms with E-state index in [-0.39, 0.29) is 11.5 Å². The van der Waals surface area contributed by atoms with Gasteiger partial charge < -0.3 is 5.73 Å². The molecule has 0 aromatic carbocycles. The predicted octanol–water partition coefficient (Wildman–Crippen LogP) is 1.83. The van der Waals surface area contributed by atoms with Gasteiger partial charge in [0.1, 0.15) is 16.5 Å². The van der Waals surface area contributed by atoms with Crippen LogP contribution in [-0.4, -0.2) is 21.2 Å². The highest BCUT2D eigenvalue weighted by Crippen LogP contribution is 2.20. The Morgan fingerprint density at radius 3 is 2.88 bits per heavy atom. The Balaban J connectivity index is 2.65. The third-order valence-corrected chi connectivity index (χ3v) is 2.72. The van der Waals surface area contributed by atoms with Crippen molar-refractivity contribution in [1.82, 2.24) is 9.38 Å². The van der Waals surface area contributed by atoms with Crippen molar-refractivity contribution in [2.45, 2.75) is 19.9 Å². The normalized spacial score (nSPS) is 13.0. The number of imidazole rings is 1. The summed E-state index contributed by atoms with van der Waals surface area (Å²) in [4.78, 5) is 15.9. The summed E-state index contributed by atoms with van der Waals surface area (Å²) in [7, 11) is 0. The number of hydrogen-bond donors (Lipinski definition) is 1. The number of rotatable bonds is 2. The third-order valence-electron chi connectivity index (χ3n) is 2.36. The van der Waals surface area contributed by atoms with Crippen LogP contribution in [0.1, 0.15) is 23.0 Å². The molecule has 4 nitrogen and oxygen atoms in total. The maximum atomic E-state index is 11.7. The summed E-state index contributed by atoms with van der Waals surface area (Å²) in [5.74, 6) is -0.244. The molecule has 0 aliphatic carbocycles. The molecule has 2 aromatic heterocycles. The van der Waals surface area contributed by atoms with Crippen LogP contribution < -0.4 is 5.73 Å². The van der Waals surface area contributed by atoms with E-state index in [2.05, 4.69) is 4.98 Å². The number of carbonyl (C=O) groups is 1. The molecule has 84 valence electrons. The molecule has 0 fully saturated rings. The van der Waals surface area contributed by atoms with Crippen LogP contribution >= 0.6 is 11.6 Å². The number of nitrogens with two attached hydrogens (primary N) is 1. The Morgan fingerprint density at radius 1 is 1.56 bits per heavy atom. The lowest BCUT2D eigenvalue weighted by atomic mass is 10.2. The highest BCUT2D eigenvalue weighted by atomic mass is 35.5. The van der Waals surface area contributed by atoms with Crippen molar-refractivity contribution in [3.05, 3.63) is 34.7 Å². The van der Waals surface area contributed by atoms with Crippen LogP contribution in [0.25, 0.3) is 5.65 Å². The van der Waals surface area contributed by atoms with Gasteiger partial charge in [0.25, 0.3) is 0 Å². The van der Waals surface area contributed by atoms with Crippen molar-refractivity contribution in [3.8, 4) is 0 Å². The quantitative estimate of drug-likeness (QED) is 0.811. The summed E-state index contributed by atoms with van der Waals surface area (Å²) < 4.78 is 1.69. The van der Waals surface area contributed by atoms with Crippen molar-refractivity contribution in [2.24, 2.45) is 5.73 Å². The topological polar surface area (TPSA) is 60.4 Å². The molecule has 0 radical (unpaired) electrons. The molecule has 0 aliphatic rings. The minimum Gasteiger partial charge on any atom is -0.321 e. The molecule has 2 rings (SSSR count). The van der Waals surface area contributed by atoms with Gasteiger partial charge in [0.15, 0.2) is 0 Å². The van der Waals surface area contributed by atoms with Gasteiger partial charge in [0, 0.05) is 6.20 Å². The Labute approximate surface area is 98.0 Å². The molecule has 0 amide bonds. The second-order valence-corrected chi connectivity index (χ2v) is 4.20. The van der Waals surface area contributed by atoms with Gasteiger partial charge in [-0.05, 0) is 25.5 Å². The average Bonchev–Trinajstić information content (AvgIpc) is 2.55. The molecule has 0 saturated carbocycles. The van der Waals surface area contributed by atoms with Gasteiger partial charge in [-0.15, -0.1) is 0 Å². The zero-order chi connectivity index (χ0) is 11.9. The van der Waals surface area contributed by atoms with Gasteiger partial charge in [-0.25, -0.2) is 4.98 Å². The van der Waals surface area contributed by atoms with Gasteiger partial charge in [-0.3, -0.25) is 9.20 Å². The second kappa shape index (κ2) is 3.88. The molecule has 2 heterocycles. The summed E-state index contributed by atoms with van der Waals surface area (Å²) in [5, 5.41) is 0.320. The first-order valence-electron chi connectivity index (χ1n) is 4.94. The summed E-state index contributed by atoms with van der Waals surface area (Å²) in [6, 6.07) is 3.14. The van der Waals surface area contributed by atoms with Crippen molar-refractivity contribution < 1.29 is 4.79 Å². The number of nitrogens with zero attached hydrogens (tertiary/aromatic N) is 2. The zero-order valence-corrected chi connectivity index (χ0v) is 9.82. The molecular weight excluding hydrogens is 226 g/mol. The monoisotopic (exact) mass is 237 g/mol. The maximum absolute atomic E-state index is 11.7. The van der Waals surface area contributed by atoms with E-state index in [1.807, 2.05) is 25.3 Å². The summed E-state index contributed by atoms with van der Waals surface area (Å²) >= 11 is 6.09. The number of aromatic nitrogens is 2. The molecule has 0 aliphatic heterocycles. The third kappa shape index (κ3) is 1.70. The Kier molecular flexibility index (Phi) is 2.69. The van der Waals surface area contributed by atoms with Crippen LogP contribution in [0.2, 0.25) is 5.15 Å². The molecule has 16 heavy (non-hydrogen) atoms. The fraction of sp³-hybridized carbons (Fsp3) is 0.273. The highest BCUT2D eigenvalue weighted by Gasteiger charge is 2.20. The van der Waals surface area contributed by atoms with Gasteiger partial charge in [-0.1, -0.05) is 17.7 Å². The largest absolute Gasteiger partial charge is 0.321 e. The summed E-state index contributed by atoms with van der Waals surface area (Å²) in [6.45, 7) is 3.57. The summed E-state index contributed by atoms with van der Waals surface area (Å²) in [5.41, 5.74) is 7.47. The number of carbonyl (C=O) groups excluding carboxylic acids is 1. The van der Waals surface area contributed by atoms with Crippen molar-refractivity contribution in [1.29, 1.82) is 0 Å². The molecule has 0 saturated heterocycles. The van der Waals surface area contributed by atoms with Crippen LogP contribution in [0.15, 0.2) is 18.3 Å². The van der Waals surface area contributed by atoms with E-state index >= 15 is 0 Å². The number of fused-ring (bicyclic) bond motifs is 1. The van der Waals surface area contributed by atoms with Gasteiger partial charge in [0.05, 0.1) is 6.04 Å². The van der Waals surface area contributed by atoms with Crippen LogP contribution in [-0.2, 0) is 0 Å². The van der Waals surface area contributed by atoms with E-state index < -0.39 is 6.04 Å². The zero-order valence-electron chi connectivity index (χ0n) is 9.07. The second-order valence-electron chi connectivity index (χ2n) is 3.84. The average molecular weight is 238 g/mol. The number of Topliss-reactive ketones (excluding diaryl/α,β-unsaturated/α-hetero) is 1. The lowest BCUT2D eigenvalue weighted by molar-refractivity contribution is 0.0964. The predicted molar refractivity (Wildman–Crippen MR) is 62.9 cm³/mol. The number of pyridine rings is 1. The van der Waals surface area contributed by atoms with Crippen LogP contribution in [0.4, 0.5) is 0 Å². The van der Waals surface area contributed by atoms with E-state index in [9.17, 15) is 4.79 Å². The van der Waals surface area contributed by atoms with E-state index in [0.29, 0.717) is 10.8 Å². The molecule has 2 N–H and O–H groups in total. The molecular formula is C11H12ClN3O. The first kappa shape index (κ1) is 11.1. The van der Waals surface area contributed by atoms with Crippen molar-refractivity contribution in [3.63, 3.8) is 0 Å². The SMILES string of the molecule is Cc1ccc2nc(C(=O)C(C)N)c(Cl)n2c1. The fourth-order valence-electron chi connectivity index (χ4n) is 1.49. The van der Waals surface area contributed by atoms with Crippen molar-refractivity contribution in [2.75, 3.05) is 0 Å². The van der Waals surface area contributed by atoms with Crippen LogP contribution in [0.5, 0.6) is 0 Å². The molecule has 0 spiro atoms. The standard InChI is InChI=1S/C11H12ClN3O/c1-6-3-4-8-14-9(10(16)7(2)13)11(12)15(8)5-6/h3-5,7H,13H2,1-2H3. The smallest absolute Gasteiger partial charge is 0.200 e. The minimum absolute atomic E-state index is 0.238. The molecule has 5 heteroatoms. The van der Waals surface area contributed by atoms with Crippen molar-refractivity contribution >= 4 is 23.0 Å². The Morgan fingerprint density at radius 2 is 2.25 bits per heavy atom. The van der Waals surface area contributed by atoms with Gasteiger partial charge >= 0.3 is 0 Å². The number of ketones is 1. The van der Waals surface area contributed by atoms with Crippen LogP contribution in [0.3, 0.4) is 0 Å². The van der Waals surface area contributed by atoms with Crippen LogP contribution in [0, 0.1) is 6.92 Å². The van der Waals surface area contributed by atoms with E-state index in [4.69, 9.17) is 17.3 Å². The van der Waals surface area contributed by atoms with E-state index in [0.717, 1.165) is 5.56 Å². The van der Waals surface area contributed by atoms with E-state index in [1.165, 1.54) is 0 Å². The molecule has 0 bridgehead atoms. The highest BCUT2D eigenvalue weighted by molar-refractivity contribution is 6.33. The van der Waals surface area contributed by atoms with E-state index in [1.54, 1.807) is 11.3 Å². The Bertz CT molecular complexity index is 560. The number of hydrogen-bond acceptors (Lipinski definition) is 3. The Hall–Kier alpha value is -1.39. The lowest BCUT2D eigenvalue weighted by Gasteiger charge is -2.00. The minimum atomic E-state index is -0.594. The fourth-order valence-corrected chi connectivity index (χ4v) is 1.77. The molecule has 2 aromatic rings. The number of aryl methyl sites for hydroxylation is 1. The lowest BCUT2D eigenvalue weighted by Crippen LogP contribution is -2.27. The first-order chi connectivity index (χ1) is 7.50. The van der Waals surface area contributed by atoms with Gasteiger partial charge in [-0.2, -0.15) is 0 Å². The first-order valence-corrected chi connectivity index (χ1v) is 5.32.